The highest BCUT2D eigenvalue weighted by molar-refractivity contribution is 5.54. The molecule has 1 unspecified atom stereocenters. The minimum atomic E-state index is -0.0697. The Bertz CT molecular complexity index is 431. The van der Waals surface area contributed by atoms with Crippen molar-refractivity contribution in [3.63, 3.8) is 0 Å². The van der Waals surface area contributed by atoms with Gasteiger partial charge in [0.05, 0.1) is 12.7 Å². The molecule has 0 aromatic heterocycles. The Morgan fingerprint density at radius 2 is 2.38 bits per heavy atom. The van der Waals surface area contributed by atoms with Gasteiger partial charge in [0.1, 0.15) is 6.07 Å². The van der Waals surface area contributed by atoms with E-state index in [1.54, 1.807) is 6.07 Å². The van der Waals surface area contributed by atoms with Gasteiger partial charge in [0, 0.05) is 6.54 Å². The largest absolute Gasteiger partial charge is 0.503 e. The van der Waals surface area contributed by atoms with Crippen molar-refractivity contribution in [3.05, 3.63) is 23.3 Å². The van der Waals surface area contributed by atoms with E-state index in [0.29, 0.717) is 11.7 Å². The van der Waals surface area contributed by atoms with Crippen LogP contribution in [-0.2, 0) is 0 Å². The van der Waals surface area contributed by atoms with Gasteiger partial charge in [0.15, 0.2) is 11.5 Å². The molecule has 2 N–H and O–H groups in total. The topological polar surface area (TPSA) is 65.3 Å². The molecule has 0 amide bonds. The first-order valence-corrected chi connectivity index (χ1v) is 5.28. The SMILES string of the molecule is COc1cc(C2CCNC2)cc(C#N)c1O. The number of ether oxygens (including phenoxy) is 1. The van der Waals surface area contributed by atoms with E-state index in [1.807, 2.05) is 12.1 Å². The van der Waals surface area contributed by atoms with Gasteiger partial charge < -0.3 is 15.2 Å². The summed E-state index contributed by atoms with van der Waals surface area (Å²) in [7, 11) is 1.49. The third-order valence-electron chi connectivity index (χ3n) is 2.97. The zero-order chi connectivity index (χ0) is 11.5. The second-order valence-corrected chi connectivity index (χ2v) is 3.92. The fraction of sp³-hybridized carbons (Fsp3) is 0.417. The molecule has 2 rings (SSSR count). The molecule has 4 heteroatoms. The molecule has 0 saturated carbocycles. The number of methoxy groups -OCH3 is 1. The van der Waals surface area contributed by atoms with Crippen LogP contribution in [0.5, 0.6) is 11.5 Å². The van der Waals surface area contributed by atoms with E-state index in [2.05, 4.69) is 5.32 Å². The molecule has 1 heterocycles. The van der Waals surface area contributed by atoms with Gasteiger partial charge in [-0.05, 0) is 36.6 Å². The molecule has 4 nitrogen and oxygen atoms in total. The lowest BCUT2D eigenvalue weighted by Crippen LogP contribution is -2.08. The molecule has 1 saturated heterocycles. The van der Waals surface area contributed by atoms with Crippen molar-refractivity contribution in [2.45, 2.75) is 12.3 Å². The molecule has 1 aromatic carbocycles. The summed E-state index contributed by atoms with van der Waals surface area (Å²) in [6.45, 7) is 1.91. The zero-order valence-electron chi connectivity index (χ0n) is 9.16. The summed E-state index contributed by atoms with van der Waals surface area (Å²) >= 11 is 0. The number of phenolic OH excluding ortho intramolecular Hbond substituents is 1. The fourth-order valence-corrected chi connectivity index (χ4v) is 2.04. The quantitative estimate of drug-likeness (QED) is 0.786. The number of benzene rings is 1. The molecule has 84 valence electrons. The fourth-order valence-electron chi connectivity index (χ4n) is 2.04. The first-order valence-electron chi connectivity index (χ1n) is 5.28. The molecule has 1 aliphatic heterocycles. The van der Waals surface area contributed by atoms with Crippen LogP contribution in [0.4, 0.5) is 0 Å². The number of phenols is 1. The van der Waals surface area contributed by atoms with Crippen molar-refractivity contribution in [1.82, 2.24) is 5.32 Å². The summed E-state index contributed by atoms with van der Waals surface area (Å²) in [6, 6.07) is 5.54. The second kappa shape index (κ2) is 4.42. The lowest BCUT2D eigenvalue weighted by Gasteiger charge is -2.12. The molecule has 16 heavy (non-hydrogen) atoms. The highest BCUT2D eigenvalue weighted by Crippen LogP contribution is 2.35. The maximum Gasteiger partial charge on any atom is 0.175 e. The van der Waals surface area contributed by atoms with Crippen LogP contribution in [0.15, 0.2) is 12.1 Å². The van der Waals surface area contributed by atoms with E-state index in [4.69, 9.17) is 10.00 Å². The Morgan fingerprint density at radius 3 is 2.94 bits per heavy atom. The smallest absolute Gasteiger partial charge is 0.175 e. The van der Waals surface area contributed by atoms with Crippen molar-refractivity contribution in [1.29, 1.82) is 5.26 Å². The van der Waals surface area contributed by atoms with Gasteiger partial charge in [0.25, 0.3) is 0 Å². The standard InChI is InChI=1S/C12H14N2O2/c1-16-11-5-9(8-2-3-14-7-8)4-10(6-13)12(11)15/h4-5,8,14-15H,2-3,7H2,1H3. The number of hydrogen-bond donors (Lipinski definition) is 2. The number of nitrogens with zero attached hydrogens (tertiary/aromatic N) is 1. The Morgan fingerprint density at radius 1 is 1.56 bits per heavy atom. The minimum absolute atomic E-state index is 0.0697. The Balaban J connectivity index is 2.43. The van der Waals surface area contributed by atoms with E-state index < -0.39 is 0 Å². The maximum atomic E-state index is 9.69. The summed E-state index contributed by atoms with van der Waals surface area (Å²) in [5.41, 5.74) is 1.33. The van der Waals surface area contributed by atoms with Gasteiger partial charge in [0.2, 0.25) is 0 Å². The first-order chi connectivity index (χ1) is 7.76. The average Bonchev–Trinajstić information content (AvgIpc) is 2.83. The van der Waals surface area contributed by atoms with Crippen molar-refractivity contribution in [2.24, 2.45) is 0 Å². The highest BCUT2D eigenvalue weighted by Gasteiger charge is 2.20. The Labute approximate surface area is 94.5 Å². The average molecular weight is 218 g/mol. The molecule has 0 bridgehead atoms. The summed E-state index contributed by atoms with van der Waals surface area (Å²) in [5.74, 6) is 0.710. The summed E-state index contributed by atoms with van der Waals surface area (Å²) < 4.78 is 5.07. The van der Waals surface area contributed by atoms with Crippen LogP contribution < -0.4 is 10.1 Å². The number of hydrogen-bond acceptors (Lipinski definition) is 4. The molecule has 1 fully saturated rings. The van der Waals surface area contributed by atoms with Crippen LogP contribution in [0.1, 0.15) is 23.5 Å². The summed E-state index contributed by atoms with van der Waals surface area (Å²) in [4.78, 5) is 0. The third kappa shape index (κ3) is 1.82. The van der Waals surface area contributed by atoms with Crippen LogP contribution in [-0.4, -0.2) is 25.3 Å². The highest BCUT2D eigenvalue weighted by atomic mass is 16.5. The first kappa shape index (κ1) is 10.8. The van der Waals surface area contributed by atoms with E-state index in [1.165, 1.54) is 7.11 Å². The van der Waals surface area contributed by atoms with Crippen LogP contribution in [0.3, 0.4) is 0 Å². The lowest BCUT2D eigenvalue weighted by atomic mass is 9.96. The zero-order valence-corrected chi connectivity index (χ0v) is 9.16. The predicted molar refractivity (Wildman–Crippen MR) is 59.6 cm³/mol. The molecular weight excluding hydrogens is 204 g/mol. The van der Waals surface area contributed by atoms with E-state index in [0.717, 1.165) is 25.1 Å². The molecule has 0 aliphatic carbocycles. The Kier molecular flexibility index (Phi) is 2.97. The number of aromatic hydroxyl groups is 1. The summed E-state index contributed by atoms with van der Waals surface area (Å²) in [6.07, 6.45) is 1.05. The normalized spacial score (nSPS) is 19.4. The van der Waals surface area contributed by atoms with Gasteiger partial charge in [-0.3, -0.25) is 0 Å². The van der Waals surface area contributed by atoms with Gasteiger partial charge in [-0.2, -0.15) is 5.26 Å². The minimum Gasteiger partial charge on any atom is -0.503 e. The summed E-state index contributed by atoms with van der Waals surface area (Å²) in [5, 5.41) is 21.9. The van der Waals surface area contributed by atoms with Gasteiger partial charge >= 0.3 is 0 Å². The van der Waals surface area contributed by atoms with E-state index >= 15 is 0 Å². The third-order valence-corrected chi connectivity index (χ3v) is 2.97. The van der Waals surface area contributed by atoms with Gasteiger partial charge in [-0.15, -0.1) is 0 Å². The lowest BCUT2D eigenvalue weighted by molar-refractivity contribution is 0.372. The molecule has 1 aliphatic rings. The Hall–Kier alpha value is -1.73. The van der Waals surface area contributed by atoms with Gasteiger partial charge in [-0.1, -0.05) is 0 Å². The van der Waals surface area contributed by atoms with Crippen LogP contribution >= 0.6 is 0 Å². The molecule has 1 atom stereocenters. The molecule has 0 spiro atoms. The number of nitrogens with one attached hydrogen (secondary N) is 1. The monoisotopic (exact) mass is 218 g/mol. The van der Waals surface area contributed by atoms with E-state index in [-0.39, 0.29) is 11.3 Å². The van der Waals surface area contributed by atoms with Crippen molar-refractivity contribution >= 4 is 0 Å². The number of nitriles is 1. The molecule has 1 aromatic rings. The van der Waals surface area contributed by atoms with Crippen LogP contribution in [0.25, 0.3) is 0 Å². The van der Waals surface area contributed by atoms with Crippen LogP contribution in [0, 0.1) is 11.3 Å². The van der Waals surface area contributed by atoms with E-state index in [9.17, 15) is 5.11 Å². The van der Waals surface area contributed by atoms with Crippen molar-refractivity contribution in [2.75, 3.05) is 20.2 Å². The van der Waals surface area contributed by atoms with Crippen LogP contribution in [0.2, 0.25) is 0 Å². The number of rotatable bonds is 2. The van der Waals surface area contributed by atoms with Crippen molar-refractivity contribution < 1.29 is 9.84 Å². The molecule has 0 radical (unpaired) electrons. The molecular formula is C12H14N2O2. The second-order valence-electron chi connectivity index (χ2n) is 3.92. The predicted octanol–water partition coefficient (Wildman–Crippen LogP) is 1.35. The van der Waals surface area contributed by atoms with Gasteiger partial charge in [-0.25, -0.2) is 0 Å². The van der Waals surface area contributed by atoms with Crippen molar-refractivity contribution in [3.8, 4) is 17.6 Å². The maximum absolute atomic E-state index is 9.69.